The van der Waals surface area contributed by atoms with Gasteiger partial charge in [-0.3, -0.25) is 4.79 Å². The van der Waals surface area contributed by atoms with Gasteiger partial charge in [-0.05, 0) is 30.7 Å². The van der Waals surface area contributed by atoms with Crippen molar-refractivity contribution in [3.8, 4) is 5.75 Å². The summed E-state index contributed by atoms with van der Waals surface area (Å²) in [6.45, 7) is 1.48. The summed E-state index contributed by atoms with van der Waals surface area (Å²) in [5.74, 6) is -1.64. The van der Waals surface area contributed by atoms with Gasteiger partial charge in [-0.1, -0.05) is 0 Å². The second-order valence-corrected chi connectivity index (χ2v) is 7.56. The van der Waals surface area contributed by atoms with Crippen molar-refractivity contribution in [1.29, 1.82) is 0 Å². The van der Waals surface area contributed by atoms with Gasteiger partial charge in [-0.15, -0.1) is 0 Å². The molecule has 9 heteroatoms. The van der Waals surface area contributed by atoms with Gasteiger partial charge in [0, 0.05) is 11.9 Å². The van der Waals surface area contributed by atoms with Crippen LogP contribution in [0.25, 0.3) is 0 Å². The molecule has 8 nitrogen and oxygen atoms in total. The van der Waals surface area contributed by atoms with Gasteiger partial charge in [-0.2, -0.15) is 0 Å². The maximum Gasteiger partial charge on any atom is 0.344 e. The molecule has 2 N–H and O–H groups in total. The number of carbonyl (C=O) groups is 2. The van der Waals surface area contributed by atoms with E-state index in [0.717, 1.165) is 6.26 Å². The number of hydrogen-bond acceptors (Lipinski definition) is 7. The first kappa shape index (κ1) is 17.8. The van der Waals surface area contributed by atoms with E-state index in [0.29, 0.717) is 17.0 Å². The Morgan fingerprint density at radius 1 is 1.42 bits per heavy atom. The van der Waals surface area contributed by atoms with Crippen molar-refractivity contribution < 1.29 is 32.6 Å². The molecule has 2 rings (SSSR count). The van der Waals surface area contributed by atoms with Crippen LogP contribution in [0.1, 0.15) is 5.56 Å². The summed E-state index contributed by atoms with van der Waals surface area (Å²) < 4.78 is 32.6. The second-order valence-electron chi connectivity index (χ2n) is 5.30. The lowest BCUT2D eigenvalue weighted by molar-refractivity contribution is -0.134. The number of carbonyl (C=O) groups excluding carboxylic acids is 1. The highest BCUT2D eigenvalue weighted by molar-refractivity contribution is 7.90. The van der Waals surface area contributed by atoms with E-state index in [1.165, 1.54) is 0 Å². The van der Waals surface area contributed by atoms with Crippen molar-refractivity contribution >= 4 is 27.3 Å². The molecular weight excluding hydrogens is 338 g/mol. The molecule has 0 radical (unpaired) electrons. The molecule has 0 saturated carbocycles. The normalized spacial score (nSPS) is 14.5. The molecule has 1 heterocycles. The molecule has 130 valence electrons. The van der Waals surface area contributed by atoms with Crippen molar-refractivity contribution in [2.45, 2.75) is 6.92 Å². The van der Waals surface area contributed by atoms with Gasteiger partial charge in [-0.25, -0.2) is 13.2 Å². The number of carboxylic acid groups (broad SMARTS) is 1. The number of aryl methyl sites for hydroxylation is 1. The van der Waals surface area contributed by atoms with Crippen LogP contribution >= 0.6 is 0 Å². The lowest BCUT2D eigenvalue weighted by Crippen LogP contribution is -2.13. The van der Waals surface area contributed by atoms with Gasteiger partial charge in [0.25, 0.3) is 0 Å². The van der Waals surface area contributed by atoms with Crippen LogP contribution in [0.15, 0.2) is 29.7 Å². The Hall–Kier alpha value is -2.55. The van der Waals surface area contributed by atoms with Crippen molar-refractivity contribution in [2.75, 3.05) is 30.5 Å². The molecule has 24 heavy (non-hydrogen) atoms. The fraction of sp³-hybridized carbons (Fsp3) is 0.333. The SMILES string of the molecule is Cc1cc(OCCS(C)(=O)=O)ccc1NC1=C(C(=O)O)C(=O)CO1. The number of Topliss-reactive ketones (excluding diaryl/α,β-unsaturated/α-hetero) is 1. The summed E-state index contributed by atoms with van der Waals surface area (Å²) in [7, 11) is -3.10. The second kappa shape index (κ2) is 6.91. The molecule has 0 aliphatic carbocycles. The van der Waals surface area contributed by atoms with Crippen molar-refractivity contribution in [3.63, 3.8) is 0 Å². The first-order valence-corrected chi connectivity index (χ1v) is 9.05. The summed E-state index contributed by atoms with van der Waals surface area (Å²) in [5.41, 5.74) is 0.851. The molecule has 1 aliphatic heterocycles. The topological polar surface area (TPSA) is 119 Å². The van der Waals surface area contributed by atoms with Gasteiger partial charge in [0.05, 0.1) is 5.75 Å². The maximum absolute atomic E-state index is 11.5. The fourth-order valence-electron chi connectivity index (χ4n) is 2.02. The van der Waals surface area contributed by atoms with Crippen molar-refractivity contribution in [1.82, 2.24) is 0 Å². The quantitative estimate of drug-likeness (QED) is 0.687. The van der Waals surface area contributed by atoms with E-state index < -0.39 is 27.2 Å². The number of ether oxygens (including phenoxy) is 2. The zero-order chi connectivity index (χ0) is 17.9. The Morgan fingerprint density at radius 3 is 2.71 bits per heavy atom. The average molecular weight is 355 g/mol. The largest absolute Gasteiger partial charge is 0.493 e. The molecule has 0 aromatic heterocycles. The third kappa shape index (κ3) is 4.48. The predicted molar refractivity (Wildman–Crippen MR) is 85.6 cm³/mol. The van der Waals surface area contributed by atoms with E-state index in [2.05, 4.69) is 5.32 Å². The zero-order valence-corrected chi connectivity index (χ0v) is 14.0. The number of aliphatic carboxylic acids is 1. The number of anilines is 1. The van der Waals surface area contributed by atoms with Crippen LogP contribution in [0.5, 0.6) is 5.75 Å². The third-order valence-corrected chi connectivity index (χ3v) is 4.14. The number of carboxylic acids is 1. The van der Waals surface area contributed by atoms with Crippen LogP contribution in [0, 0.1) is 6.92 Å². The molecule has 1 aliphatic rings. The highest BCUT2D eigenvalue weighted by Gasteiger charge is 2.31. The van der Waals surface area contributed by atoms with Crippen LogP contribution < -0.4 is 10.1 Å². The Bertz CT molecular complexity index is 811. The number of rotatable bonds is 7. The number of sulfone groups is 1. The maximum atomic E-state index is 11.5. The third-order valence-electron chi connectivity index (χ3n) is 3.24. The molecule has 0 bridgehead atoms. The van der Waals surface area contributed by atoms with Gasteiger partial charge < -0.3 is 19.9 Å². The Kier molecular flexibility index (Phi) is 5.13. The Balaban J connectivity index is 2.10. The Morgan fingerprint density at radius 2 is 2.12 bits per heavy atom. The number of benzene rings is 1. The van der Waals surface area contributed by atoms with Gasteiger partial charge >= 0.3 is 5.97 Å². The van der Waals surface area contributed by atoms with Crippen LogP contribution in [0.4, 0.5) is 5.69 Å². The molecular formula is C15H17NO7S. The number of hydrogen-bond donors (Lipinski definition) is 2. The first-order chi connectivity index (χ1) is 11.2. The molecule has 1 aromatic rings. The number of ketones is 1. The average Bonchev–Trinajstić information content (AvgIpc) is 2.81. The van der Waals surface area contributed by atoms with Crippen LogP contribution in [0.3, 0.4) is 0 Å². The smallest absolute Gasteiger partial charge is 0.344 e. The summed E-state index contributed by atoms with van der Waals surface area (Å²) >= 11 is 0. The lowest BCUT2D eigenvalue weighted by atomic mass is 10.1. The van der Waals surface area contributed by atoms with Crippen molar-refractivity contribution in [3.05, 3.63) is 35.2 Å². The summed E-state index contributed by atoms with van der Waals surface area (Å²) in [6, 6.07) is 4.90. The van der Waals surface area contributed by atoms with E-state index in [9.17, 15) is 18.0 Å². The van der Waals surface area contributed by atoms with E-state index in [1.54, 1.807) is 25.1 Å². The fourth-order valence-corrected chi connectivity index (χ4v) is 2.41. The molecule has 0 saturated heterocycles. The molecule has 0 amide bonds. The Labute approximate surface area is 139 Å². The van der Waals surface area contributed by atoms with Crippen LogP contribution in [-0.4, -0.2) is 50.5 Å². The number of nitrogens with one attached hydrogen (secondary N) is 1. The first-order valence-electron chi connectivity index (χ1n) is 6.99. The molecule has 0 atom stereocenters. The zero-order valence-electron chi connectivity index (χ0n) is 13.2. The van der Waals surface area contributed by atoms with Gasteiger partial charge in [0.2, 0.25) is 11.7 Å². The van der Waals surface area contributed by atoms with Crippen LogP contribution in [-0.2, 0) is 24.2 Å². The van der Waals surface area contributed by atoms with E-state index in [1.807, 2.05) is 0 Å². The van der Waals surface area contributed by atoms with Gasteiger partial charge in [0.15, 0.2) is 22.0 Å². The molecule has 0 spiro atoms. The minimum absolute atomic E-state index is 0.0387. The highest BCUT2D eigenvalue weighted by atomic mass is 32.2. The molecule has 0 fully saturated rings. The van der Waals surface area contributed by atoms with Gasteiger partial charge in [0.1, 0.15) is 12.4 Å². The summed E-state index contributed by atoms with van der Waals surface area (Å²) in [5, 5.41) is 11.8. The lowest BCUT2D eigenvalue weighted by Gasteiger charge is -2.12. The predicted octanol–water partition coefficient (Wildman–Crippen LogP) is 0.726. The standard InChI is InChI=1S/C15H17NO7S/c1-9-7-10(22-5-6-24(2,20)21)3-4-11(9)16-14-13(15(18)19)12(17)8-23-14/h3-4,7,16H,5-6,8H2,1-2H3,(H,18,19). The van der Waals surface area contributed by atoms with Crippen molar-refractivity contribution in [2.24, 2.45) is 0 Å². The molecule has 0 unspecified atom stereocenters. The highest BCUT2D eigenvalue weighted by Crippen LogP contribution is 2.25. The summed E-state index contributed by atoms with van der Waals surface area (Å²) in [6.07, 6.45) is 1.13. The van der Waals surface area contributed by atoms with E-state index in [-0.39, 0.29) is 24.8 Å². The van der Waals surface area contributed by atoms with E-state index in [4.69, 9.17) is 14.6 Å². The minimum atomic E-state index is -3.10. The van der Waals surface area contributed by atoms with Crippen LogP contribution in [0.2, 0.25) is 0 Å². The summed E-state index contributed by atoms with van der Waals surface area (Å²) in [4.78, 5) is 22.6. The molecule has 1 aromatic carbocycles. The van der Waals surface area contributed by atoms with E-state index >= 15 is 0 Å². The minimum Gasteiger partial charge on any atom is -0.493 e. The monoisotopic (exact) mass is 355 g/mol.